The Bertz CT molecular complexity index is 1760. The molecule has 2 heterocycles. The van der Waals surface area contributed by atoms with Gasteiger partial charge in [0.2, 0.25) is 5.90 Å². The van der Waals surface area contributed by atoms with Gasteiger partial charge in [-0.1, -0.05) is 113 Å². The quantitative estimate of drug-likeness (QED) is 0.219. The highest BCUT2D eigenvalue weighted by Gasteiger charge is 2.43. The van der Waals surface area contributed by atoms with E-state index in [0.717, 1.165) is 38.6 Å². The van der Waals surface area contributed by atoms with E-state index in [2.05, 4.69) is 128 Å². The first-order valence-electron chi connectivity index (χ1n) is 17.0. The molecular formula is C41H56NO4P. The van der Waals surface area contributed by atoms with Crippen molar-refractivity contribution in [2.24, 2.45) is 4.99 Å². The number of hydrogen-bond donors (Lipinski definition) is 0. The predicted molar refractivity (Wildman–Crippen MR) is 199 cm³/mol. The lowest BCUT2D eigenvalue weighted by Gasteiger charge is -2.29. The molecule has 5 nitrogen and oxygen atoms in total. The van der Waals surface area contributed by atoms with Gasteiger partial charge >= 0.3 is 8.24 Å². The molecule has 0 spiro atoms. The van der Waals surface area contributed by atoms with Crippen LogP contribution in [0.25, 0.3) is 21.9 Å². The maximum Gasteiger partial charge on any atom is 0.388 e. The van der Waals surface area contributed by atoms with Crippen LogP contribution in [0, 0.1) is 0 Å². The van der Waals surface area contributed by atoms with Crippen molar-refractivity contribution in [3.63, 3.8) is 0 Å². The minimum absolute atomic E-state index is 0.0623. The molecule has 1 aliphatic heterocycles. The van der Waals surface area contributed by atoms with Gasteiger partial charge < -0.3 is 13.1 Å². The molecule has 0 N–H and O–H groups in total. The Morgan fingerprint density at radius 1 is 0.617 bits per heavy atom. The van der Waals surface area contributed by atoms with Crippen molar-refractivity contribution >= 4 is 36.1 Å². The van der Waals surface area contributed by atoms with Crippen LogP contribution in [-0.4, -0.2) is 23.6 Å². The second kappa shape index (κ2) is 11.8. The zero-order valence-corrected chi connectivity index (χ0v) is 32.3. The molecule has 6 heteroatoms. The Labute approximate surface area is 283 Å². The van der Waals surface area contributed by atoms with Crippen molar-refractivity contribution in [1.29, 1.82) is 0 Å². The standard InChI is InChI=1S/C41H56NO4P/c1-25-35(42-36(43-25)26-19-17-16-18-20-26)41(14,15)46-47-44-33-29(21-27(37(2,3)4)23-31(33)39(8,9)10)30-22-28(38(5,6)7)24-32(34(30)45-47)40(11,12)13/h16-25,35H,1-15H3/t25-,35+/m1/s1. The fourth-order valence-electron chi connectivity index (χ4n) is 6.23. The summed E-state index contributed by atoms with van der Waals surface area (Å²) in [5.41, 5.74) is 6.18. The van der Waals surface area contributed by atoms with Crippen LogP contribution in [0.4, 0.5) is 0 Å². The van der Waals surface area contributed by atoms with Crippen LogP contribution < -0.4 is 4.52 Å². The maximum atomic E-state index is 7.03. The second-order valence-corrected chi connectivity index (χ2v) is 19.0. The molecule has 0 saturated heterocycles. The molecule has 0 bridgehead atoms. The van der Waals surface area contributed by atoms with E-state index in [1.54, 1.807) is 0 Å². The van der Waals surface area contributed by atoms with E-state index in [9.17, 15) is 0 Å². The first-order valence-corrected chi connectivity index (χ1v) is 18.1. The van der Waals surface area contributed by atoms with Gasteiger partial charge in [0.05, 0.1) is 0 Å². The molecule has 47 heavy (non-hydrogen) atoms. The smallest absolute Gasteiger partial charge is 0.388 e. The molecule has 5 rings (SSSR count). The van der Waals surface area contributed by atoms with Crippen molar-refractivity contribution in [3.8, 4) is 0 Å². The normalized spacial score (nSPS) is 18.1. The Hall–Kier alpha value is -3.01. The van der Waals surface area contributed by atoms with E-state index in [1.165, 1.54) is 11.1 Å². The molecule has 254 valence electrons. The molecule has 0 fully saturated rings. The minimum Gasteiger partial charge on any atom is -0.472 e. The maximum absolute atomic E-state index is 7.03. The largest absolute Gasteiger partial charge is 0.472 e. The van der Waals surface area contributed by atoms with Gasteiger partial charge in [0.1, 0.15) is 28.9 Å². The second-order valence-electron chi connectivity index (χ2n) is 18.0. The van der Waals surface area contributed by atoms with Gasteiger partial charge in [-0.15, -0.1) is 0 Å². The number of benzene rings is 3. The van der Waals surface area contributed by atoms with E-state index in [1.807, 2.05) is 30.3 Å². The van der Waals surface area contributed by atoms with E-state index >= 15 is 0 Å². The topological polar surface area (TPSA) is 57.1 Å². The highest BCUT2D eigenvalue weighted by molar-refractivity contribution is 7.31. The number of ether oxygens (including phenoxy) is 1. The minimum atomic E-state index is -1.89. The predicted octanol–water partition coefficient (Wildman–Crippen LogP) is 11.9. The zero-order valence-electron chi connectivity index (χ0n) is 31.4. The third-order valence-corrected chi connectivity index (χ3v) is 10.5. The number of rotatable bonds is 4. The fraction of sp³-hybridized carbons (Fsp3) is 0.537. The first kappa shape index (κ1) is 35.3. The Morgan fingerprint density at radius 3 is 1.47 bits per heavy atom. The summed E-state index contributed by atoms with van der Waals surface area (Å²) in [6.07, 6.45) is -0.180. The summed E-state index contributed by atoms with van der Waals surface area (Å²) in [6, 6.07) is 19.1. The van der Waals surface area contributed by atoms with Crippen molar-refractivity contribution in [2.75, 3.05) is 0 Å². The highest BCUT2D eigenvalue weighted by atomic mass is 31.1. The molecule has 3 aromatic carbocycles. The summed E-state index contributed by atoms with van der Waals surface area (Å²) in [4.78, 5) is 5.05. The van der Waals surface area contributed by atoms with Crippen LogP contribution in [0.15, 0.2) is 68.0 Å². The van der Waals surface area contributed by atoms with Crippen molar-refractivity contribution < 1.29 is 17.7 Å². The molecule has 0 radical (unpaired) electrons. The van der Waals surface area contributed by atoms with Gasteiger partial charge in [-0.05, 0) is 77.8 Å². The van der Waals surface area contributed by atoms with Crippen LogP contribution in [0.5, 0.6) is 0 Å². The molecule has 1 aliphatic rings. The van der Waals surface area contributed by atoms with Crippen molar-refractivity contribution in [3.05, 3.63) is 82.4 Å². The highest BCUT2D eigenvalue weighted by Crippen LogP contribution is 2.46. The molecule has 0 aliphatic carbocycles. The molecule has 0 unspecified atom stereocenters. The summed E-state index contributed by atoms with van der Waals surface area (Å²) in [7, 11) is -1.89. The van der Waals surface area contributed by atoms with Gasteiger partial charge in [-0.25, -0.2) is 4.99 Å². The Kier molecular flexibility index (Phi) is 8.90. The van der Waals surface area contributed by atoms with Crippen LogP contribution in [-0.2, 0) is 26.4 Å². The summed E-state index contributed by atoms with van der Waals surface area (Å²) >= 11 is 0. The van der Waals surface area contributed by atoms with Crippen LogP contribution in [0.2, 0.25) is 0 Å². The first-order chi connectivity index (χ1) is 21.5. The lowest BCUT2D eigenvalue weighted by molar-refractivity contribution is 0.0758. The SMILES string of the molecule is C[C@H]1OC(c2ccccc2)=N[C@@H]1C(C)(C)Op1oc2c(C(C)(C)C)cc(C(C)(C)C)cc2c2cc(C(C)(C)C)cc(C(C)(C)C)c2o1. The van der Waals surface area contributed by atoms with E-state index in [0.29, 0.717) is 5.90 Å². The summed E-state index contributed by atoms with van der Waals surface area (Å²) in [6.45, 7) is 33.3. The number of aliphatic imine (C=N–C) groups is 1. The lowest BCUT2D eigenvalue weighted by Crippen LogP contribution is -2.44. The molecular weight excluding hydrogens is 601 g/mol. The summed E-state index contributed by atoms with van der Waals surface area (Å²) in [5, 5.41) is 2.12. The molecule has 0 amide bonds. The molecule has 2 atom stereocenters. The molecule has 1 aromatic heterocycles. The Balaban J connectivity index is 1.86. The number of hydrogen-bond acceptors (Lipinski definition) is 5. The van der Waals surface area contributed by atoms with Gasteiger partial charge in [0.25, 0.3) is 0 Å². The van der Waals surface area contributed by atoms with Crippen LogP contribution in [0.3, 0.4) is 0 Å². The third kappa shape index (κ3) is 7.22. The van der Waals surface area contributed by atoms with E-state index in [4.69, 9.17) is 22.6 Å². The van der Waals surface area contributed by atoms with Gasteiger partial charge in [-0.3, -0.25) is 4.52 Å². The third-order valence-electron chi connectivity index (χ3n) is 9.19. The fourth-order valence-corrected chi connectivity index (χ4v) is 7.53. The molecule has 4 aromatic rings. The average Bonchev–Trinajstić information content (AvgIpc) is 3.26. The van der Waals surface area contributed by atoms with Crippen molar-refractivity contribution in [1.82, 2.24) is 0 Å². The Morgan fingerprint density at radius 2 is 1.06 bits per heavy atom. The lowest BCUT2D eigenvalue weighted by atomic mass is 9.77. The van der Waals surface area contributed by atoms with E-state index < -0.39 is 13.8 Å². The number of fused-ring (bicyclic) bond motifs is 3. The van der Waals surface area contributed by atoms with Crippen LogP contribution >= 0.6 is 8.24 Å². The zero-order chi connectivity index (χ0) is 34.9. The summed E-state index contributed by atoms with van der Waals surface area (Å²) < 4.78 is 27.3. The monoisotopic (exact) mass is 657 g/mol. The van der Waals surface area contributed by atoms with Gasteiger partial charge in [0.15, 0.2) is 0 Å². The van der Waals surface area contributed by atoms with Crippen molar-refractivity contribution in [2.45, 2.75) is 143 Å². The average molecular weight is 658 g/mol. The van der Waals surface area contributed by atoms with Gasteiger partial charge in [0, 0.05) is 27.5 Å². The van der Waals surface area contributed by atoms with E-state index in [-0.39, 0.29) is 33.8 Å². The summed E-state index contributed by atoms with van der Waals surface area (Å²) in [5.74, 6) is 0.639. The number of nitrogens with zero attached hydrogens (tertiary/aromatic N) is 1. The van der Waals surface area contributed by atoms with Crippen LogP contribution in [0.1, 0.15) is 132 Å². The van der Waals surface area contributed by atoms with Gasteiger partial charge in [-0.2, -0.15) is 0 Å². The molecule has 0 saturated carbocycles.